The summed E-state index contributed by atoms with van der Waals surface area (Å²) in [4.78, 5) is 8.88. The predicted molar refractivity (Wildman–Crippen MR) is 85.5 cm³/mol. The van der Waals surface area contributed by atoms with Crippen LogP contribution in [0, 0.1) is 5.92 Å². The highest BCUT2D eigenvalue weighted by Gasteiger charge is 2.36. The van der Waals surface area contributed by atoms with E-state index in [0.717, 1.165) is 18.4 Å². The molecular weight excluding hydrogens is 319 g/mol. The number of aromatic nitrogens is 1. The van der Waals surface area contributed by atoms with Gasteiger partial charge in [0.25, 0.3) is 0 Å². The molecule has 1 fully saturated rings. The molecule has 132 valence electrons. The number of nitrogens with zero attached hydrogens (tertiary/aromatic N) is 2. The third-order valence-corrected chi connectivity index (χ3v) is 4.79. The van der Waals surface area contributed by atoms with E-state index in [0.29, 0.717) is 24.0 Å². The number of nitrogens with one attached hydrogen (secondary N) is 1. The van der Waals surface area contributed by atoms with Crippen LogP contribution in [-0.2, 0) is 0 Å². The van der Waals surface area contributed by atoms with Crippen LogP contribution >= 0.6 is 0 Å². The predicted octanol–water partition coefficient (Wildman–Crippen LogP) is 3.66. The van der Waals surface area contributed by atoms with Crippen LogP contribution in [0.3, 0.4) is 0 Å². The topological polar surface area (TPSA) is 46.5 Å². The van der Waals surface area contributed by atoms with Crippen molar-refractivity contribution in [3.05, 3.63) is 23.5 Å². The minimum absolute atomic E-state index is 0.167. The molecule has 0 bridgehead atoms. The summed E-state index contributed by atoms with van der Waals surface area (Å²) in [6.45, 7) is 5.61. The summed E-state index contributed by atoms with van der Waals surface area (Å²) in [6.07, 6.45) is -0.792. The van der Waals surface area contributed by atoms with Crippen LogP contribution < -0.4 is 10.1 Å². The lowest BCUT2D eigenvalue weighted by Gasteiger charge is -2.29. The second-order valence-electron chi connectivity index (χ2n) is 7.15. The molecule has 1 aromatic heterocycles. The van der Waals surface area contributed by atoms with Crippen LogP contribution in [0.2, 0.25) is 0 Å². The first-order valence-corrected chi connectivity index (χ1v) is 8.20. The van der Waals surface area contributed by atoms with E-state index >= 15 is 0 Å². The van der Waals surface area contributed by atoms with Crippen molar-refractivity contribution in [3.8, 4) is 5.75 Å². The molecule has 0 radical (unpaired) electrons. The summed E-state index contributed by atoms with van der Waals surface area (Å²) in [7, 11) is 0. The number of hydrogen-bond acceptors (Lipinski definition) is 4. The molecule has 1 unspecified atom stereocenters. The molecule has 7 heteroatoms. The third-order valence-electron chi connectivity index (χ3n) is 4.79. The molecule has 0 aromatic carbocycles. The fourth-order valence-electron chi connectivity index (χ4n) is 2.63. The molecule has 24 heavy (non-hydrogen) atoms. The third kappa shape index (κ3) is 3.65. The van der Waals surface area contributed by atoms with E-state index in [1.807, 2.05) is 0 Å². The number of amidine groups is 1. The Morgan fingerprint density at radius 1 is 1.38 bits per heavy atom. The molecule has 0 spiro atoms. The van der Waals surface area contributed by atoms with Crippen molar-refractivity contribution < 1.29 is 17.9 Å². The molecule has 4 nitrogen and oxygen atoms in total. The first kappa shape index (κ1) is 17.0. The van der Waals surface area contributed by atoms with E-state index in [4.69, 9.17) is 4.74 Å². The lowest BCUT2D eigenvalue weighted by atomic mass is 9.89. The first-order valence-electron chi connectivity index (χ1n) is 8.20. The van der Waals surface area contributed by atoms with Gasteiger partial charge in [-0.2, -0.15) is 13.2 Å². The quantitative estimate of drug-likeness (QED) is 0.889. The van der Waals surface area contributed by atoms with Crippen molar-refractivity contribution in [3.63, 3.8) is 0 Å². The van der Waals surface area contributed by atoms with Gasteiger partial charge in [0, 0.05) is 17.8 Å². The van der Waals surface area contributed by atoms with Crippen LogP contribution in [0.5, 0.6) is 5.75 Å². The van der Waals surface area contributed by atoms with Crippen LogP contribution in [0.4, 0.5) is 13.2 Å². The molecule has 1 aliphatic carbocycles. The second-order valence-corrected chi connectivity index (χ2v) is 7.15. The van der Waals surface area contributed by atoms with Crippen LogP contribution in [-0.4, -0.2) is 35.7 Å². The van der Waals surface area contributed by atoms with Gasteiger partial charge in [0.1, 0.15) is 17.3 Å². The van der Waals surface area contributed by atoms with Crippen molar-refractivity contribution in [1.82, 2.24) is 10.3 Å². The van der Waals surface area contributed by atoms with Crippen molar-refractivity contribution in [2.24, 2.45) is 10.9 Å². The molecule has 1 aromatic rings. The largest absolute Gasteiger partial charge is 0.484 e. The first-order chi connectivity index (χ1) is 11.2. The Morgan fingerprint density at radius 3 is 2.62 bits per heavy atom. The highest BCUT2D eigenvalue weighted by Crippen LogP contribution is 2.44. The molecule has 0 saturated heterocycles. The number of ether oxygens (including phenoxy) is 1. The Morgan fingerprint density at radius 2 is 2.08 bits per heavy atom. The molecular formula is C17H22F3N3O. The van der Waals surface area contributed by atoms with Crippen molar-refractivity contribution >= 4 is 5.84 Å². The van der Waals surface area contributed by atoms with Gasteiger partial charge in [-0.15, -0.1) is 0 Å². The molecule has 3 rings (SSSR count). The number of hydrogen-bond donors (Lipinski definition) is 1. The average molecular weight is 341 g/mol. The zero-order chi connectivity index (χ0) is 17.5. The maximum Gasteiger partial charge on any atom is 0.422 e. The highest BCUT2D eigenvalue weighted by molar-refractivity contribution is 5.99. The molecule has 2 aliphatic rings. The highest BCUT2D eigenvalue weighted by atomic mass is 19.4. The van der Waals surface area contributed by atoms with Crippen molar-refractivity contribution in [2.45, 2.75) is 51.2 Å². The van der Waals surface area contributed by atoms with E-state index in [-0.39, 0.29) is 17.2 Å². The zero-order valence-corrected chi connectivity index (χ0v) is 14.1. The fraction of sp³-hybridized carbons (Fsp3) is 0.647. The van der Waals surface area contributed by atoms with E-state index in [1.165, 1.54) is 0 Å². The minimum Gasteiger partial charge on any atom is -0.484 e. The lowest BCUT2D eigenvalue weighted by Crippen LogP contribution is -2.47. The Kier molecular flexibility index (Phi) is 4.21. The van der Waals surface area contributed by atoms with Gasteiger partial charge in [0.05, 0.1) is 12.1 Å². The van der Waals surface area contributed by atoms with Crippen LogP contribution in [0.25, 0.3) is 0 Å². The van der Waals surface area contributed by atoms with Gasteiger partial charge in [0.15, 0.2) is 6.61 Å². The second kappa shape index (κ2) is 5.93. The number of halogens is 3. The molecule has 1 atom stereocenters. The molecule has 1 N–H and O–H groups in total. The Bertz CT molecular complexity index is 653. The molecule has 2 heterocycles. The standard InChI is InChI=1S/C17H22F3N3O/c1-10(2)16(3)8-22-15(23-16)13-6-14(24-9-17(18,19)20)12(7-21-13)11-4-5-11/h6-7,10-11H,4-5,8-9H2,1-3H3,(H,22,23). The zero-order valence-electron chi connectivity index (χ0n) is 14.1. The fourth-order valence-corrected chi connectivity index (χ4v) is 2.63. The molecule has 1 saturated carbocycles. The van der Waals surface area contributed by atoms with Gasteiger partial charge >= 0.3 is 6.18 Å². The summed E-state index contributed by atoms with van der Waals surface area (Å²) in [5.41, 5.74) is 1.12. The minimum atomic E-state index is -4.36. The van der Waals surface area contributed by atoms with Gasteiger partial charge < -0.3 is 10.1 Å². The van der Waals surface area contributed by atoms with E-state index in [9.17, 15) is 13.2 Å². The Hall–Kier alpha value is -1.79. The maximum atomic E-state index is 12.5. The number of rotatable bonds is 5. The van der Waals surface area contributed by atoms with Crippen molar-refractivity contribution in [2.75, 3.05) is 13.2 Å². The van der Waals surface area contributed by atoms with Gasteiger partial charge in [0.2, 0.25) is 0 Å². The summed E-state index contributed by atoms with van der Waals surface area (Å²) in [5.74, 6) is 1.51. The Balaban J connectivity index is 1.82. The number of alkyl halides is 3. The van der Waals surface area contributed by atoms with Crippen LogP contribution in [0.1, 0.15) is 50.8 Å². The van der Waals surface area contributed by atoms with Gasteiger partial charge in [-0.3, -0.25) is 9.98 Å². The normalized spacial score (nSPS) is 24.0. The lowest BCUT2D eigenvalue weighted by molar-refractivity contribution is -0.153. The number of aliphatic imine (C=N–C) groups is 1. The summed E-state index contributed by atoms with van der Waals surface area (Å²) < 4.78 is 42.6. The summed E-state index contributed by atoms with van der Waals surface area (Å²) in [6, 6.07) is 1.58. The van der Waals surface area contributed by atoms with Crippen LogP contribution in [0.15, 0.2) is 17.3 Å². The molecule has 0 amide bonds. The van der Waals surface area contributed by atoms with Gasteiger partial charge in [-0.1, -0.05) is 13.8 Å². The smallest absolute Gasteiger partial charge is 0.422 e. The van der Waals surface area contributed by atoms with Gasteiger partial charge in [-0.25, -0.2) is 0 Å². The summed E-state index contributed by atoms with van der Waals surface area (Å²) in [5, 5.41) is 3.36. The SMILES string of the molecule is CC(C)C1(C)CN=C(c2cc(OCC(F)(F)F)c(C3CC3)cn2)N1. The maximum absolute atomic E-state index is 12.5. The van der Waals surface area contributed by atoms with E-state index in [1.54, 1.807) is 12.3 Å². The molecule has 1 aliphatic heterocycles. The summed E-state index contributed by atoms with van der Waals surface area (Å²) >= 11 is 0. The Labute approximate surface area is 139 Å². The number of pyridine rings is 1. The van der Waals surface area contributed by atoms with Gasteiger partial charge in [-0.05, 0) is 31.6 Å². The average Bonchev–Trinajstić information content (AvgIpc) is 3.26. The monoisotopic (exact) mass is 341 g/mol. The van der Waals surface area contributed by atoms with E-state index in [2.05, 4.69) is 36.1 Å². The van der Waals surface area contributed by atoms with Crippen molar-refractivity contribution in [1.29, 1.82) is 0 Å². The van der Waals surface area contributed by atoms with E-state index < -0.39 is 12.8 Å².